The first kappa shape index (κ1) is 16.9. The fourth-order valence-electron chi connectivity index (χ4n) is 2.60. The summed E-state index contributed by atoms with van der Waals surface area (Å²) in [6.07, 6.45) is 0. The second-order valence-corrected chi connectivity index (χ2v) is 5.62. The van der Waals surface area contributed by atoms with E-state index >= 15 is 0 Å². The van der Waals surface area contributed by atoms with Crippen molar-refractivity contribution in [1.29, 1.82) is 0 Å². The van der Waals surface area contributed by atoms with Crippen LogP contribution in [0.25, 0.3) is 0 Å². The summed E-state index contributed by atoms with van der Waals surface area (Å²) in [5.74, 6) is 1.35. The van der Waals surface area contributed by atoms with E-state index in [1.807, 2.05) is 57.2 Å². The molecular formula is C19H23NO3. The molecule has 23 heavy (non-hydrogen) atoms. The van der Waals surface area contributed by atoms with Crippen LogP contribution in [-0.2, 0) is 0 Å². The topological polar surface area (TPSA) is 47.6 Å². The van der Waals surface area contributed by atoms with Gasteiger partial charge in [0.15, 0.2) is 0 Å². The molecule has 0 bridgehead atoms. The molecule has 0 aliphatic rings. The maximum atomic E-state index is 12.5. The van der Waals surface area contributed by atoms with Gasteiger partial charge in [-0.1, -0.05) is 17.7 Å². The molecule has 0 unspecified atom stereocenters. The zero-order valence-electron chi connectivity index (χ0n) is 14.3. The second kappa shape index (κ2) is 7.18. The number of hydrogen-bond donors (Lipinski definition) is 1. The predicted molar refractivity (Wildman–Crippen MR) is 91.3 cm³/mol. The normalized spacial score (nSPS) is 11.7. The van der Waals surface area contributed by atoms with Crippen molar-refractivity contribution < 1.29 is 14.3 Å². The summed E-state index contributed by atoms with van der Waals surface area (Å²) < 4.78 is 10.6. The highest BCUT2D eigenvalue weighted by Gasteiger charge is 2.17. The van der Waals surface area contributed by atoms with Crippen molar-refractivity contribution in [2.45, 2.75) is 26.8 Å². The van der Waals surface area contributed by atoms with Crippen LogP contribution in [0.5, 0.6) is 11.5 Å². The summed E-state index contributed by atoms with van der Waals surface area (Å²) in [7, 11) is 3.23. The molecule has 1 amide bonds. The van der Waals surface area contributed by atoms with Crippen molar-refractivity contribution in [3.8, 4) is 11.5 Å². The Morgan fingerprint density at radius 2 is 1.78 bits per heavy atom. The van der Waals surface area contributed by atoms with Gasteiger partial charge in [0.25, 0.3) is 5.91 Å². The minimum absolute atomic E-state index is 0.0973. The maximum absolute atomic E-state index is 12.5. The first-order valence-electron chi connectivity index (χ1n) is 7.56. The number of rotatable bonds is 5. The Hall–Kier alpha value is -2.49. The van der Waals surface area contributed by atoms with Gasteiger partial charge >= 0.3 is 0 Å². The fourth-order valence-corrected chi connectivity index (χ4v) is 2.60. The first-order valence-corrected chi connectivity index (χ1v) is 7.56. The predicted octanol–water partition coefficient (Wildman–Crippen LogP) is 3.81. The van der Waals surface area contributed by atoms with Gasteiger partial charge in [-0.3, -0.25) is 4.79 Å². The van der Waals surface area contributed by atoms with Gasteiger partial charge in [0.05, 0.1) is 20.3 Å². The average Bonchev–Trinajstić information content (AvgIpc) is 2.53. The Balaban J connectivity index is 2.24. The Labute approximate surface area is 137 Å². The molecule has 0 heterocycles. The molecule has 2 aromatic carbocycles. The molecule has 2 aromatic rings. The standard InChI is InChI=1S/C19H23NO3/c1-12-6-8-16(13(2)10-12)19(21)20-14(3)17-11-15(22-4)7-9-18(17)23-5/h6-11,14H,1-5H3,(H,20,21)/t14-/m0/s1. The fraction of sp³-hybridized carbons (Fsp3) is 0.316. The van der Waals surface area contributed by atoms with E-state index in [1.54, 1.807) is 14.2 Å². The number of ether oxygens (including phenoxy) is 2. The lowest BCUT2D eigenvalue weighted by Crippen LogP contribution is -2.27. The molecule has 2 rings (SSSR count). The summed E-state index contributed by atoms with van der Waals surface area (Å²) in [5, 5.41) is 3.02. The van der Waals surface area contributed by atoms with Crippen LogP contribution in [-0.4, -0.2) is 20.1 Å². The van der Waals surface area contributed by atoms with Crippen molar-refractivity contribution in [3.63, 3.8) is 0 Å². The van der Waals surface area contributed by atoms with Gasteiger partial charge in [-0.15, -0.1) is 0 Å². The van der Waals surface area contributed by atoms with E-state index in [2.05, 4.69) is 5.32 Å². The smallest absolute Gasteiger partial charge is 0.252 e. The summed E-state index contributed by atoms with van der Waals surface area (Å²) in [5.41, 5.74) is 3.67. The van der Waals surface area contributed by atoms with Crippen LogP contribution >= 0.6 is 0 Å². The zero-order valence-corrected chi connectivity index (χ0v) is 14.3. The number of carbonyl (C=O) groups excluding carboxylic acids is 1. The third-order valence-corrected chi connectivity index (χ3v) is 3.88. The molecule has 0 saturated carbocycles. The van der Waals surface area contributed by atoms with E-state index in [0.717, 1.165) is 28.2 Å². The van der Waals surface area contributed by atoms with Crippen LogP contribution in [0.4, 0.5) is 0 Å². The summed E-state index contributed by atoms with van der Waals surface area (Å²) in [4.78, 5) is 12.5. The minimum Gasteiger partial charge on any atom is -0.497 e. The van der Waals surface area contributed by atoms with E-state index in [0.29, 0.717) is 5.56 Å². The highest BCUT2D eigenvalue weighted by atomic mass is 16.5. The molecular weight excluding hydrogens is 290 g/mol. The van der Waals surface area contributed by atoms with Crippen LogP contribution in [0.3, 0.4) is 0 Å². The first-order chi connectivity index (χ1) is 11.0. The van der Waals surface area contributed by atoms with Gasteiger partial charge in [0, 0.05) is 11.1 Å². The van der Waals surface area contributed by atoms with E-state index in [4.69, 9.17) is 9.47 Å². The van der Waals surface area contributed by atoms with Crippen LogP contribution in [0.15, 0.2) is 36.4 Å². The minimum atomic E-state index is -0.201. The van der Waals surface area contributed by atoms with Crippen molar-refractivity contribution in [2.24, 2.45) is 0 Å². The number of nitrogens with one attached hydrogen (secondary N) is 1. The van der Waals surface area contributed by atoms with E-state index < -0.39 is 0 Å². The molecule has 0 aromatic heterocycles. The maximum Gasteiger partial charge on any atom is 0.252 e. The Morgan fingerprint density at radius 3 is 2.39 bits per heavy atom. The van der Waals surface area contributed by atoms with Gasteiger partial charge in [0.2, 0.25) is 0 Å². The molecule has 0 saturated heterocycles. The highest BCUT2D eigenvalue weighted by Crippen LogP contribution is 2.29. The van der Waals surface area contributed by atoms with Crippen molar-refractivity contribution >= 4 is 5.91 Å². The highest BCUT2D eigenvalue weighted by molar-refractivity contribution is 5.96. The SMILES string of the molecule is COc1ccc(OC)c([C@H](C)NC(=O)c2ccc(C)cc2C)c1. The molecule has 0 aliphatic heterocycles. The Kier molecular flexibility index (Phi) is 5.27. The second-order valence-electron chi connectivity index (χ2n) is 5.62. The molecule has 0 fully saturated rings. The van der Waals surface area contributed by atoms with E-state index in [-0.39, 0.29) is 11.9 Å². The number of amides is 1. The summed E-state index contributed by atoms with van der Waals surface area (Å²) in [6, 6.07) is 11.2. The Morgan fingerprint density at radius 1 is 1.04 bits per heavy atom. The van der Waals surface area contributed by atoms with Crippen molar-refractivity contribution in [3.05, 3.63) is 58.7 Å². The lowest BCUT2D eigenvalue weighted by atomic mass is 10.0. The van der Waals surface area contributed by atoms with Crippen molar-refractivity contribution in [1.82, 2.24) is 5.32 Å². The molecule has 0 aliphatic carbocycles. The van der Waals surface area contributed by atoms with E-state index in [1.165, 1.54) is 0 Å². The molecule has 0 radical (unpaired) electrons. The monoisotopic (exact) mass is 313 g/mol. The Bertz CT molecular complexity index is 710. The lowest BCUT2D eigenvalue weighted by Gasteiger charge is -2.19. The van der Waals surface area contributed by atoms with Crippen LogP contribution in [0, 0.1) is 13.8 Å². The molecule has 1 N–H and O–H groups in total. The van der Waals surface area contributed by atoms with Gasteiger partial charge in [0.1, 0.15) is 11.5 Å². The largest absolute Gasteiger partial charge is 0.497 e. The van der Waals surface area contributed by atoms with E-state index in [9.17, 15) is 4.79 Å². The third kappa shape index (κ3) is 3.83. The summed E-state index contributed by atoms with van der Waals surface area (Å²) >= 11 is 0. The third-order valence-electron chi connectivity index (χ3n) is 3.88. The summed E-state index contributed by atoms with van der Waals surface area (Å²) in [6.45, 7) is 5.88. The number of benzene rings is 2. The zero-order chi connectivity index (χ0) is 17.0. The van der Waals surface area contributed by atoms with Gasteiger partial charge in [-0.05, 0) is 50.6 Å². The molecule has 0 spiro atoms. The number of hydrogen-bond acceptors (Lipinski definition) is 3. The number of methoxy groups -OCH3 is 2. The molecule has 4 nitrogen and oxygen atoms in total. The molecule has 4 heteroatoms. The lowest BCUT2D eigenvalue weighted by molar-refractivity contribution is 0.0939. The van der Waals surface area contributed by atoms with Crippen LogP contribution in [0.2, 0.25) is 0 Å². The molecule has 1 atom stereocenters. The van der Waals surface area contributed by atoms with Crippen molar-refractivity contribution in [2.75, 3.05) is 14.2 Å². The van der Waals surface area contributed by atoms with Gasteiger partial charge < -0.3 is 14.8 Å². The van der Waals surface area contributed by atoms with Crippen LogP contribution < -0.4 is 14.8 Å². The average molecular weight is 313 g/mol. The molecule has 122 valence electrons. The van der Waals surface area contributed by atoms with Crippen LogP contribution in [0.1, 0.15) is 40.0 Å². The number of aryl methyl sites for hydroxylation is 2. The van der Waals surface area contributed by atoms with Gasteiger partial charge in [-0.25, -0.2) is 0 Å². The van der Waals surface area contributed by atoms with Gasteiger partial charge in [-0.2, -0.15) is 0 Å². The quantitative estimate of drug-likeness (QED) is 0.913. The number of carbonyl (C=O) groups is 1.